The lowest BCUT2D eigenvalue weighted by Crippen LogP contribution is -2.51. The van der Waals surface area contributed by atoms with Crippen molar-refractivity contribution in [1.82, 2.24) is 29.7 Å². The third kappa shape index (κ3) is 5.11. The van der Waals surface area contributed by atoms with E-state index in [-0.39, 0.29) is 48.1 Å². The average Bonchev–Trinajstić information content (AvgIpc) is 3.32. The number of nitrogens with zero attached hydrogens (tertiary/aromatic N) is 6. The van der Waals surface area contributed by atoms with E-state index in [9.17, 15) is 19.6 Å². The Morgan fingerprint density at radius 1 is 1.18 bits per heavy atom. The van der Waals surface area contributed by atoms with Gasteiger partial charge in [0.25, 0.3) is 0 Å². The third-order valence-electron chi connectivity index (χ3n) is 8.20. The molecule has 1 aliphatic carbocycles. The Hall–Kier alpha value is -3.48. The van der Waals surface area contributed by atoms with Crippen molar-refractivity contribution in [3.05, 3.63) is 23.8 Å². The van der Waals surface area contributed by atoms with Crippen LogP contribution in [0.25, 0.3) is 11.0 Å². The van der Waals surface area contributed by atoms with Crippen molar-refractivity contribution in [2.75, 3.05) is 13.1 Å². The van der Waals surface area contributed by atoms with E-state index < -0.39 is 5.41 Å². The number of imide groups is 1. The van der Waals surface area contributed by atoms with Crippen molar-refractivity contribution in [3.8, 4) is 6.07 Å². The Morgan fingerprint density at radius 3 is 2.55 bits per heavy atom. The van der Waals surface area contributed by atoms with E-state index in [2.05, 4.69) is 36.1 Å². The molecule has 0 radical (unpaired) electrons. The zero-order chi connectivity index (χ0) is 27.1. The molecule has 10 heteroatoms. The molecule has 10 nitrogen and oxygen atoms in total. The van der Waals surface area contributed by atoms with Gasteiger partial charge < -0.3 is 14.8 Å². The van der Waals surface area contributed by atoms with Gasteiger partial charge in [-0.1, -0.05) is 40.0 Å². The Kier molecular flexibility index (Phi) is 6.88. The number of rotatable bonds is 4. The number of hydrogen-bond donors (Lipinski definition) is 1. The van der Waals surface area contributed by atoms with Crippen molar-refractivity contribution in [1.29, 1.82) is 5.26 Å². The van der Waals surface area contributed by atoms with E-state index in [0.717, 1.165) is 36.8 Å². The second-order valence-electron chi connectivity index (χ2n) is 12.4. The Labute approximate surface area is 223 Å². The van der Waals surface area contributed by atoms with Gasteiger partial charge in [-0.3, -0.25) is 14.5 Å². The van der Waals surface area contributed by atoms with Gasteiger partial charge in [0.05, 0.1) is 12.0 Å². The summed E-state index contributed by atoms with van der Waals surface area (Å²) in [6.45, 7) is 8.03. The van der Waals surface area contributed by atoms with Crippen molar-refractivity contribution in [2.24, 2.45) is 10.8 Å². The van der Waals surface area contributed by atoms with Crippen LogP contribution in [0.4, 0.5) is 4.79 Å². The fraction of sp³-hybridized carbons (Fsp3) is 0.643. The summed E-state index contributed by atoms with van der Waals surface area (Å²) in [5.41, 5.74) is 0.590. The van der Waals surface area contributed by atoms with Crippen molar-refractivity contribution in [2.45, 2.75) is 91.3 Å². The molecule has 4 heterocycles. The minimum Gasteiger partial charge on any atom is -0.335 e. The number of urea groups is 1. The number of carbonyl (C=O) groups excluding carboxylic acids is 3. The molecule has 38 heavy (non-hydrogen) atoms. The first kappa shape index (κ1) is 26.1. The Morgan fingerprint density at radius 2 is 1.89 bits per heavy atom. The minimum absolute atomic E-state index is 0.0510. The molecular weight excluding hydrogens is 482 g/mol. The van der Waals surface area contributed by atoms with Gasteiger partial charge in [0.15, 0.2) is 0 Å². The number of fused-ring (bicyclic) bond motifs is 1. The van der Waals surface area contributed by atoms with Crippen LogP contribution in [0.5, 0.6) is 0 Å². The summed E-state index contributed by atoms with van der Waals surface area (Å²) in [5, 5.41) is 13.2. The van der Waals surface area contributed by atoms with Crippen LogP contribution in [0.15, 0.2) is 12.3 Å². The highest BCUT2D eigenvalue weighted by Gasteiger charge is 2.53. The van der Waals surface area contributed by atoms with Gasteiger partial charge >= 0.3 is 6.03 Å². The van der Waals surface area contributed by atoms with Crippen LogP contribution in [-0.2, 0) is 22.7 Å². The molecule has 5 rings (SSSR count). The first-order valence-corrected chi connectivity index (χ1v) is 13.7. The average molecular weight is 520 g/mol. The lowest BCUT2D eigenvalue weighted by Gasteiger charge is -2.38. The molecule has 202 valence electrons. The van der Waals surface area contributed by atoms with Crippen LogP contribution < -0.4 is 5.32 Å². The van der Waals surface area contributed by atoms with Crippen LogP contribution in [0.2, 0.25) is 0 Å². The maximum atomic E-state index is 13.7. The molecule has 1 spiro atoms. The molecular formula is C28H37N7O3. The normalized spacial score (nSPS) is 20.4. The molecule has 0 aromatic carbocycles. The standard InChI is InChI=1S/C28H37N7O3/c1-27(2,3)18-35-21(13-19-16-30-22(15-29)32-24(19)35)17-34-23(36)14-28(25(34)37)9-11-33(12-10-28)26(38)31-20-7-5-4-6-8-20/h13,16,20H,4-12,14,17-18H2,1-3H3,(H,31,38). The number of amides is 4. The van der Waals surface area contributed by atoms with E-state index in [4.69, 9.17) is 0 Å². The van der Waals surface area contributed by atoms with Crippen LogP contribution in [0.1, 0.15) is 83.7 Å². The molecule has 1 saturated carbocycles. The van der Waals surface area contributed by atoms with Crippen LogP contribution >= 0.6 is 0 Å². The second kappa shape index (κ2) is 10.0. The van der Waals surface area contributed by atoms with Gasteiger partial charge in [-0.15, -0.1) is 0 Å². The first-order chi connectivity index (χ1) is 18.1. The topological polar surface area (TPSA) is 124 Å². The summed E-state index contributed by atoms with van der Waals surface area (Å²) in [6, 6.07) is 4.09. The minimum atomic E-state index is -0.743. The SMILES string of the molecule is CC(C)(C)Cn1c(CN2C(=O)CC3(CCN(C(=O)NC4CCCCC4)CC3)C2=O)cc2cnc(C#N)nc21. The lowest BCUT2D eigenvalue weighted by molar-refractivity contribution is -0.143. The lowest BCUT2D eigenvalue weighted by atomic mass is 9.77. The second-order valence-corrected chi connectivity index (χ2v) is 12.4. The number of nitriles is 1. The zero-order valence-electron chi connectivity index (χ0n) is 22.6. The highest BCUT2D eigenvalue weighted by Crippen LogP contribution is 2.43. The Balaban J connectivity index is 1.31. The van der Waals surface area contributed by atoms with E-state index in [1.54, 1.807) is 11.1 Å². The highest BCUT2D eigenvalue weighted by atomic mass is 16.2. The number of carbonyl (C=O) groups is 3. The summed E-state index contributed by atoms with van der Waals surface area (Å²) < 4.78 is 2.00. The van der Waals surface area contributed by atoms with Crippen LogP contribution in [0, 0.1) is 22.2 Å². The smallest absolute Gasteiger partial charge is 0.317 e. The maximum Gasteiger partial charge on any atom is 0.317 e. The summed E-state index contributed by atoms with van der Waals surface area (Å²) in [7, 11) is 0. The largest absolute Gasteiger partial charge is 0.335 e. The molecule has 2 aromatic rings. The fourth-order valence-corrected chi connectivity index (χ4v) is 6.15. The molecule has 0 atom stereocenters. The molecule has 3 aliphatic rings. The summed E-state index contributed by atoms with van der Waals surface area (Å²) in [6.07, 6.45) is 8.39. The molecule has 4 amide bonds. The van der Waals surface area contributed by atoms with E-state index >= 15 is 0 Å². The van der Waals surface area contributed by atoms with Gasteiger partial charge in [-0.2, -0.15) is 5.26 Å². The number of aromatic nitrogens is 3. The molecule has 0 unspecified atom stereocenters. The number of nitrogens with one attached hydrogen (secondary N) is 1. The van der Waals surface area contributed by atoms with Gasteiger partial charge in [0.1, 0.15) is 11.7 Å². The molecule has 3 fully saturated rings. The zero-order valence-corrected chi connectivity index (χ0v) is 22.6. The number of hydrogen-bond acceptors (Lipinski definition) is 6. The monoisotopic (exact) mass is 519 g/mol. The molecule has 1 N–H and O–H groups in total. The van der Waals surface area contributed by atoms with Crippen molar-refractivity contribution < 1.29 is 14.4 Å². The predicted octanol–water partition coefficient (Wildman–Crippen LogP) is 3.73. The fourth-order valence-electron chi connectivity index (χ4n) is 6.15. The number of piperidine rings is 1. The predicted molar refractivity (Wildman–Crippen MR) is 141 cm³/mol. The highest BCUT2D eigenvalue weighted by molar-refractivity contribution is 6.06. The van der Waals surface area contributed by atoms with Crippen LogP contribution in [0.3, 0.4) is 0 Å². The van der Waals surface area contributed by atoms with Gasteiger partial charge in [0.2, 0.25) is 17.6 Å². The first-order valence-electron chi connectivity index (χ1n) is 13.7. The number of likely N-dealkylation sites (tertiary alicyclic amines) is 2. The van der Waals surface area contributed by atoms with E-state index in [1.165, 1.54) is 11.3 Å². The quantitative estimate of drug-likeness (QED) is 0.614. The van der Waals surface area contributed by atoms with Crippen LogP contribution in [-0.4, -0.2) is 61.3 Å². The van der Waals surface area contributed by atoms with E-state index in [0.29, 0.717) is 38.1 Å². The molecule has 0 bridgehead atoms. The molecule has 2 aromatic heterocycles. The molecule has 2 aliphatic heterocycles. The molecule has 2 saturated heterocycles. The van der Waals surface area contributed by atoms with Gasteiger partial charge in [-0.25, -0.2) is 14.8 Å². The Bertz CT molecular complexity index is 1290. The van der Waals surface area contributed by atoms with E-state index in [1.807, 2.05) is 16.7 Å². The van der Waals surface area contributed by atoms with Gasteiger partial charge in [-0.05, 0) is 37.2 Å². The summed E-state index contributed by atoms with van der Waals surface area (Å²) in [5.74, 6) is -0.235. The third-order valence-corrected chi connectivity index (χ3v) is 8.20. The van der Waals surface area contributed by atoms with Gasteiger partial charge in [0, 0.05) is 49.4 Å². The maximum absolute atomic E-state index is 13.7. The van der Waals surface area contributed by atoms with Crippen molar-refractivity contribution in [3.63, 3.8) is 0 Å². The summed E-state index contributed by atoms with van der Waals surface area (Å²) >= 11 is 0. The van der Waals surface area contributed by atoms with Crippen molar-refractivity contribution >= 4 is 28.9 Å². The summed E-state index contributed by atoms with van der Waals surface area (Å²) in [4.78, 5) is 51.4.